The summed E-state index contributed by atoms with van der Waals surface area (Å²) in [5.41, 5.74) is 3.69. The number of hydrogen-bond donors (Lipinski definition) is 2. The number of para-hydroxylation sites is 1. The molecule has 0 unspecified atom stereocenters. The van der Waals surface area contributed by atoms with Crippen molar-refractivity contribution in [1.29, 1.82) is 0 Å². The van der Waals surface area contributed by atoms with Gasteiger partial charge in [-0.2, -0.15) is 0 Å². The summed E-state index contributed by atoms with van der Waals surface area (Å²) in [5.74, 6) is -0.937. The van der Waals surface area contributed by atoms with E-state index in [1.807, 2.05) is 31.2 Å². The van der Waals surface area contributed by atoms with E-state index in [0.717, 1.165) is 11.4 Å². The summed E-state index contributed by atoms with van der Waals surface area (Å²) >= 11 is 0. The minimum absolute atomic E-state index is 0.229. The highest BCUT2D eigenvalue weighted by atomic mass is 16.5. The Morgan fingerprint density at radius 2 is 1.70 bits per heavy atom. The topological polar surface area (TPSA) is 80.3 Å². The van der Waals surface area contributed by atoms with Crippen LogP contribution in [0.3, 0.4) is 0 Å². The number of esters is 1. The molecule has 2 aromatic carbocycles. The van der Waals surface area contributed by atoms with Crippen molar-refractivity contribution in [3.05, 3.63) is 83.7 Å². The Morgan fingerprint density at radius 1 is 0.963 bits per heavy atom. The fourth-order valence-corrected chi connectivity index (χ4v) is 2.50. The lowest BCUT2D eigenvalue weighted by Crippen LogP contribution is -2.16. The van der Waals surface area contributed by atoms with Crippen LogP contribution in [0.25, 0.3) is 0 Å². The van der Waals surface area contributed by atoms with Gasteiger partial charge in [0.15, 0.2) is 0 Å². The summed E-state index contributed by atoms with van der Waals surface area (Å²) in [6, 6.07) is 18.0. The van der Waals surface area contributed by atoms with Crippen molar-refractivity contribution < 1.29 is 14.3 Å². The number of methoxy groups -OCH3 is 1. The fraction of sp³-hybridized carbons (Fsp3) is 0.0952. The Morgan fingerprint density at radius 3 is 2.44 bits per heavy atom. The zero-order valence-electron chi connectivity index (χ0n) is 15.0. The third kappa shape index (κ3) is 4.49. The second-order valence-corrected chi connectivity index (χ2v) is 5.91. The predicted molar refractivity (Wildman–Crippen MR) is 104 cm³/mol. The Hall–Kier alpha value is -3.67. The van der Waals surface area contributed by atoms with Crippen LogP contribution in [-0.4, -0.2) is 24.0 Å². The molecule has 0 spiro atoms. The largest absolute Gasteiger partial charge is 0.465 e. The van der Waals surface area contributed by atoms with Crippen LogP contribution in [0.15, 0.2) is 66.9 Å². The average Bonchev–Trinajstić information content (AvgIpc) is 2.70. The van der Waals surface area contributed by atoms with Crippen LogP contribution in [0.2, 0.25) is 0 Å². The predicted octanol–water partition coefficient (Wildman–Crippen LogP) is 4.17. The van der Waals surface area contributed by atoms with E-state index in [2.05, 4.69) is 15.6 Å². The highest BCUT2D eigenvalue weighted by Crippen LogP contribution is 2.19. The van der Waals surface area contributed by atoms with E-state index in [1.54, 1.807) is 42.6 Å². The van der Waals surface area contributed by atoms with Crippen molar-refractivity contribution in [1.82, 2.24) is 4.98 Å². The highest BCUT2D eigenvalue weighted by Gasteiger charge is 2.15. The van der Waals surface area contributed by atoms with Gasteiger partial charge in [-0.25, -0.2) is 4.79 Å². The van der Waals surface area contributed by atoms with Gasteiger partial charge in [0.2, 0.25) is 0 Å². The lowest BCUT2D eigenvalue weighted by atomic mass is 10.1. The van der Waals surface area contributed by atoms with E-state index in [9.17, 15) is 9.59 Å². The van der Waals surface area contributed by atoms with Gasteiger partial charge in [-0.15, -0.1) is 0 Å². The fourth-order valence-electron chi connectivity index (χ4n) is 2.50. The molecule has 0 fully saturated rings. The normalized spacial score (nSPS) is 10.1. The van der Waals surface area contributed by atoms with Crippen LogP contribution in [0.5, 0.6) is 0 Å². The Labute approximate surface area is 157 Å². The van der Waals surface area contributed by atoms with E-state index in [-0.39, 0.29) is 11.3 Å². The third-order valence-electron chi connectivity index (χ3n) is 3.91. The maximum atomic E-state index is 12.6. The number of rotatable bonds is 5. The van der Waals surface area contributed by atoms with E-state index in [0.29, 0.717) is 5.69 Å². The number of hydrogen-bond acceptors (Lipinski definition) is 5. The molecular formula is C21H19N3O3. The van der Waals surface area contributed by atoms with E-state index in [1.165, 1.54) is 12.7 Å². The molecule has 2 N–H and O–H groups in total. The van der Waals surface area contributed by atoms with Gasteiger partial charge in [0.25, 0.3) is 5.91 Å². The molecule has 3 rings (SSSR count). The van der Waals surface area contributed by atoms with E-state index in [4.69, 9.17) is 4.74 Å². The van der Waals surface area contributed by atoms with Gasteiger partial charge in [0, 0.05) is 17.6 Å². The number of benzene rings is 2. The Bertz CT molecular complexity index is 968. The summed E-state index contributed by atoms with van der Waals surface area (Å²) in [4.78, 5) is 28.5. The molecule has 6 heteroatoms. The van der Waals surface area contributed by atoms with Crippen molar-refractivity contribution in [2.45, 2.75) is 6.92 Å². The lowest BCUT2D eigenvalue weighted by Gasteiger charge is -2.11. The number of nitrogens with one attached hydrogen (secondary N) is 2. The van der Waals surface area contributed by atoms with Crippen molar-refractivity contribution >= 4 is 28.9 Å². The molecular weight excluding hydrogens is 342 g/mol. The number of aromatic nitrogens is 1. The van der Waals surface area contributed by atoms with Crippen LogP contribution in [-0.2, 0) is 4.74 Å². The molecule has 0 atom stereocenters. The molecule has 0 radical (unpaired) electrons. The van der Waals surface area contributed by atoms with Crippen molar-refractivity contribution in [2.24, 2.45) is 0 Å². The van der Waals surface area contributed by atoms with Gasteiger partial charge in [0.05, 0.1) is 18.4 Å². The van der Waals surface area contributed by atoms with Crippen LogP contribution < -0.4 is 10.6 Å². The monoisotopic (exact) mass is 361 g/mol. The van der Waals surface area contributed by atoms with Crippen LogP contribution in [0.1, 0.15) is 26.4 Å². The standard InChI is InChI=1S/C21H19N3O3/c1-14-7-9-15(10-8-14)23-16-11-12-22-19(13-16)20(25)24-18-6-4-3-5-17(18)21(26)27-2/h3-13H,1-2H3,(H,22,23)(H,24,25). The summed E-state index contributed by atoms with van der Waals surface area (Å²) in [6.45, 7) is 2.02. The van der Waals surface area contributed by atoms with Gasteiger partial charge in [0.1, 0.15) is 5.69 Å². The molecule has 0 aliphatic heterocycles. The zero-order chi connectivity index (χ0) is 19.2. The molecule has 0 bridgehead atoms. The van der Waals surface area contributed by atoms with Crippen molar-refractivity contribution in [3.63, 3.8) is 0 Å². The molecule has 136 valence electrons. The number of amides is 1. The second kappa shape index (κ2) is 8.14. The first-order chi connectivity index (χ1) is 13.1. The molecule has 0 aliphatic carbocycles. The van der Waals surface area contributed by atoms with Crippen LogP contribution >= 0.6 is 0 Å². The van der Waals surface area contributed by atoms with Gasteiger partial charge in [-0.1, -0.05) is 29.8 Å². The number of anilines is 3. The van der Waals surface area contributed by atoms with Crippen molar-refractivity contribution in [3.8, 4) is 0 Å². The van der Waals surface area contributed by atoms with Gasteiger partial charge in [-0.05, 0) is 43.3 Å². The van der Waals surface area contributed by atoms with Crippen LogP contribution in [0.4, 0.5) is 17.1 Å². The average molecular weight is 361 g/mol. The zero-order valence-corrected chi connectivity index (χ0v) is 15.0. The highest BCUT2D eigenvalue weighted by molar-refractivity contribution is 6.07. The summed E-state index contributed by atoms with van der Waals surface area (Å²) in [6.07, 6.45) is 1.55. The molecule has 0 saturated heterocycles. The lowest BCUT2D eigenvalue weighted by molar-refractivity contribution is 0.0602. The molecule has 1 amide bonds. The maximum Gasteiger partial charge on any atom is 0.339 e. The van der Waals surface area contributed by atoms with E-state index >= 15 is 0 Å². The number of carbonyl (C=O) groups is 2. The minimum atomic E-state index is -0.520. The maximum absolute atomic E-state index is 12.6. The molecule has 3 aromatic rings. The summed E-state index contributed by atoms with van der Waals surface area (Å²) in [5, 5.41) is 5.95. The van der Waals surface area contributed by atoms with Gasteiger partial charge in [-0.3, -0.25) is 9.78 Å². The Balaban J connectivity index is 1.78. The number of pyridine rings is 1. The molecule has 27 heavy (non-hydrogen) atoms. The molecule has 0 saturated carbocycles. The molecule has 6 nitrogen and oxygen atoms in total. The summed E-state index contributed by atoms with van der Waals surface area (Å²) < 4.78 is 4.74. The number of carbonyl (C=O) groups excluding carboxylic acids is 2. The van der Waals surface area contributed by atoms with Gasteiger partial charge < -0.3 is 15.4 Å². The third-order valence-corrected chi connectivity index (χ3v) is 3.91. The van der Waals surface area contributed by atoms with E-state index < -0.39 is 11.9 Å². The van der Waals surface area contributed by atoms with Crippen LogP contribution in [0, 0.1) is 6.92 Å². The first kappa shape index (κ1) is 18.1. The number of aryl methyl sites for hydroxylation is 1. The van der Waals surface area contributed by atoms with Gasteiger partial charge >= 0.3 is 5.97 Å². The Kier molecular flexibility index (Phi) is 5.47. The summed E-state index contributed by atoms with van der Waals surface area (Å²) in [7, 11) is 1.29. The minimum Gasteiger partial charge on any atom is -0.465 e. The number of nitrogens with zero attached hydrogens (tertiary/aromatic N) is 1. The molecule has 1 aromatic heterocycles. The van der Waals surface area contributed by atoms with Crippen molar-refractivity contribution in [2.75, 3.05) is 17.7 Å². The smallest absolute Gasteiger partial charge is 0.339 e. The number of ether oxygens (including phenoxy) is 1. The quantitative estimate of drug-likeness (QED) is 0.667. The molecule has 1 heterocycles. The SMILES string of the molecule is COC(=O)c1ccccc1NC(=O)c1cc(Nc2ccc(C)cc2)ccn1. The second-order valence-electron chi connectivity index (χ2n) is 5.91. The first-order valence-corrected chi connectivity index (χ1v) is 8.35. The molecule has 0 aliphatic rings. The first-order valence-electron chi connectivity index (χ1n) is 8.35.